The number of nitrogens with one attached hydrogen (secondary N) is 2. The molecular weight excluding hydrogens is 204 g/mol. The average Bonchev–Trinajstić information content (AvgIpc) is 2.65. The van der Waals surface area contributed by atoms with Gasteiger partial charge in [0.05, 0.1) is 0 Å². The highest BCUT2D eigenvalue weighted by molar-refractivity contribution is 6.18. The summed E-state index contributed by atoms with van der Waals surface area (Å²) < 4.78 is 0. The number of rotatable bonds is 6. The van der Waals surface area contributed by atoms with Gasteiger partial charge in [0.15, 0.2) is 0 Å². The van der Waals surface area contributed by atoms with E-state index in [0.717, 1.165) is 18.7 Å². The lowest BCUT2D eigenvalue weighted by atomic mass is 10.3. The van der Waals surface area contributed by atoms with Gasteiger partial charge in [0.1, 0.15) is 12.2 Å². The molecule has 78 valence electrons. The number of H-pyrrole nitrogens is 1. The molecule has 2 N–H and O–H groups in total. The predicted octanol–water partition coefficient (Wildman–Crippen LogP) is 0.482. The summed E-state index contributed by atoms with van der Waals surface area (Å²) in [6.07, 6.45) is 3.50. The maximum absolute atomic E-state index is 11.0. The zero-order valence-electron chi connectivity index (χ0n) is 7.79. The zero-order chi connectivity index (χ0) is 10.2. The van der Waals surface area contributed by atoms with Gasteiger partial charge >= 0.3 is 0 Å². The maximum Gasteiger partial charge on any atom is 0.221 e. The molecule has 0 saturated carbocycles. The van der Waals surface area contributed by atoms with Gasteiger partial charge in [-0.2, -0.15) is 5.10 Å². The highest BCUT2D eigenvalue weighted by atomic mass is 35.5. The van der Waals surface area contributed by atoms with Crippen molar-refractivity contribution in [1.29, 1.82) is 0 Å². The number of hydrogen-bond donors (Lipinski definition) is 2. The van der Waals surface area contributed by atoms with Crippen molar-refractivity contribution in [1.82, 2.24) is 20.5 Å². The number of aromatic nitrogens is 3. The Labute approximate surface area is 87.3 Å². The minimum Gasteiger partial charge on any atom is -0.356 e. The highest BCUT2D eigenvalue weighted by Crippen LogP contribution is 1.92. The lowest BCUT2D eigenvalue weighted by Gasteiger charge is -2.01. The second kappa shape index (κ2) is 6.37. The first-order valence-corrected chi connectivity index (χ1v) is 5.03. The van der Waals surface area contributed by atoms with Crippen LogP contribution in [-0.4, -0.2) is 33.5 Å². The van der Waals surface area contributed by atoms with E-state index in [1.165, 1.54) is 6.33 Å². The Balaban J connectivity index is 2.02. The molecule has 0 aliphatic rings. The highest BCUT2D eigenvalue weighted by Gasteiger charge is 1.99. The summed E-state index contributed by atoms with van der Waals surface area (Å²) in [4.78, 5) is 14.9. The number of halogens is 1. The lowest BCUT2D eigenvalue weighted by molar-refractivity contribution is -0.120. The molecule has 0 radical (unpaired) electrons. The van der Waals surface area contributed by atoms with Crippen molar-refractivity contribution in [3.63, 3.8) is 0 Å². The van der Waals surface area contributed by atoms with Crippen LogP contribution in [-0.2, 0) is 11.2 Å². The number of alkyl halides is 1. The molecule has 0 spiro atoms. The van der Waals surface area contributed by atoms with Crippen LogP contribution in [0.25, 0.3) is 0 Å². The molecule has 0 aliphatic heterocycles. The first-order chi connectivity index (χ1) is 6.83. The Morgan fingerprint density at radius 1 is 1.64 bits per heavy atom. The van der Waals surface area contributed by atoms with Crippen molar-refractivity contribution in [2.75, 3.05) is 12.4 Å². The molecule has 0 aromatic carbocycles. The summed E-state index contributed by atoms with van der Waals surface area (Å²) in [6, 6.07) is 0. The van der Waals surface area contributed by atoms with Gasteiger partial charge in [0, 0.05) is 25.3 Å². The van der Waals surface area contributed by atoms with Gasteiger partial charge in [-0.3, -0.25) is 9.89 Å². The normalized spacial score (nSPS) is 10.1. The second-order valence-corrected chi connectivity index (χ2v) is 3.20. The van der Waals surface area contributed by atoms with E-state index in [1.54, 1.807) is 0 Å². The van der Waals surface area contributed by atoms with Crippen LogP contribution >= 0.6 is 11.6 Å². The largest absolute Gasteiger partial charge is 0.356 e. The number of carbonyl (C=O) groups excluding carboxylic acids is 1. The van der Waals surface area contributed by atoms with E-state index >= 15 is 0 Å². The van der Waals surface area contributed by atoms with Gasteiger partial charge in [-0.1, -0.05) is 0 Å². The fourth-order valence-electron chi connectivity index (χ4n) is 1.01. The Bertz CT molecular complexity index is 262. The number of aromatic amines is 1. The number of aryl methyl sites for hydroxylation is 1. The van der Waals surface area contributed by atoms with Crippen LogP contribution in [0, 0.1) is 0 Å². The monoisotopic (exact) mass is 216 g/mol. The molecule has 0 bridgehead atoms. The number of carbonyl (C=O) groups is 1. The summed E-state index contributed by atoms with van der Waals surface area (Å²) in [6.45, 7) is 0.649. The fraction of sp³-hybridized carbons (Fsp3) is 0.625. The summed E-state index contributed by atoms with van der Waals surface area (Å²) in [5.41, 5.74) is 0. The van der Waals surface area contributed by atoms with Crippen molar-refractivity contribution < 1.29 is 4.79 Å². The zero-order valence-corrected chi connectivity index (χ0v) is 8.55. The van der Waals surface area contributed by atoms with Crippen molar-refractivity contribution in [2.24, 2.45) is 0 Å². The van der Waals surface area contributed by atoms with E-state index in [-0.39, 0.29) is 5.91 Å². The molecule has 5 nitrogen and oxygen atoms in total. The molecule has 1 aromatic heterocycles. The van der Waals surface area contributed by atoms with Crippen LogP contribution < -0.4 is 5.32 Å². The molecule has 0 saturated heterocycles. The van der Waals surface area contributed by atoms with Crippen LogP contribution in [0.5, 0.6) is 0 Å². The molecule has 6 heteroatoms. The van der Waals surface area contributed by atoms with Gasteiger partial charge in [-0.05, 0) is 6.42 Å². The molecule has 1 rings (SSSR count). The Hall–Kier alpha value is -1.10. The Morgan fingerprint density at radius 3 is 3.14 bits per heavy atom. The number of nitrogens with zero attached hydrogens (tertiary/aromatic N) is 2. The molecule has 1 amide bonds. The minimum absolute atomic E-state index is 0.00225. The van der Waals surface area contributed by atoms with Gasteiger partial charge in [0.2, 0.25) is 5.91 Å². The Morgan fingerprint density at radius 2 is 2.50 bits per heavy atom. The first-order valence-electron chi connectivity index (χ1n) is 4.50. The predicted molar refractivity (Wildman–Crippen MR) is 53.1 cm³/mol. The molecule has 1 aromatic rings. The Kier molecular flexibility index (Phi) is 4.99. The molecule has 0 fully saturated rings. The second-order valence-electron chi connectivity index (χ2n) is 2.82. The van der Waals surface area contributed by atoms with Crippen LogP contribution in [0.15, 0.2) is 6.33 Å². The summed E-state index contributed by atoms with van der Waals surface area (Å²) in [5.74, 6) is 1.21. The van der Waals surface area contributed by atoms with Gasteiger partial charge in [-0.25, -0.2) is 4.98 Å². The average molecular weight is 217 g/mol. The van der Waals surface area contributed by atoms with E-state index in [4.69, 9.17) is 11.6 Å². The first kappa shape index (κ1) is 11.0. The van der Waals surface area contributed by atoms with Crippen molar-refractivity contribution in [2.45, 2.75) is 19.3 Å². The molecule has 0 atom stereocenters. The standard InChI is InChI=1S/C8H13ClN4O/c9-4-3-8(14)10-5-1-2-7-11-6-12-13-7/h6H,1-5H2,(H,10,14)(H,11,12,13). The van der Waals surface area contributed by atoms with Crippen LogP contribution in [0.4, 0.5) is 0 Å². The minimum atomic E-state index is -0.00225. The lowest BCUT2D eigenvalue weighted by Crippen LogP contribution is -2.24. The van der Waals surface area contributed by atoms with Gasteiger partial charge in [0.25, 0.3) is 0 Å². The molecule has 0 unspecified atom stereocenters. The smallest absolute Gasteiger partial charge is 0.221 e. The molecule has 0 aliphatic carbocycles. The van der Waals surface area contributed by atoms with Crippen molar-refractivity contribution >= 4 is 17.5 Å². The molecule has 14 heavy (non-hydrogen) atoms. The third-order valence-electron chi connectivity index (χ3n) is 1.70. The van der Waals surface area contributed by atoms with E-state index in [2.05, 4.69) is 20.5 Å². The van der Waals surface area contributed by atoms with Crippen LogP contribution in [0.1, 0.15) is 18.7 Å². The van der Waals surface area contributed by atoms with Gasteiger partial charge < -0.3 is 5.32 Å². The van der Waals surface area contributed by atoms with E-state index in [0.29, 0.717) is 18.8 Å². The third-order valence-corrected chi connectivity index (χ3v) is 1.89. The maximum atomic E-state index is 11.0. The fourth-order valence-corrected chi connectivity index (χ4v) is 1.18. The van der Waals surface area contributed by atoms with Gasteiger partial charge in [-0.15, -0.1) is 11.6 Å². The van der Waals surface area contributed by atoms with E-state index < -0.39 is 0 Å². The summed E-state index contributed by atoms with van der Waals surface area (Å²) in [7, 11) is 0. The van der Waals surface area contributed by atoms with E-state index in [9.17, 15) is 4.79 Å². The molecule has 1 heterocycles. The number of amides is 1. The third kappa shape index (κ3) is 4.23. The van der Waals surface area contributed by atoms with Crippen molar-refractivity contribution in [3.05, 3.63) is 12.2 Å². The molecular formula is C8H13ClN4O. The summed E-state index contributed by atoms with van der Waals surface area (Å²) in [5, 5.41) is 9.24. The van der Waals surface area contributed by atoms with Crippen LogP contribution in [0.3, 0.4) is 0 Å². The van der Waals surface area contributed by atoms with Crippen molar-refractivity contribution in [3.8, 4) is 0 Å². The number of hydrogen-bond acceptors (Lipinski definition) is 3. The SMILES string of the molecule is O=C(CCCl)NCCCc1ncn[nH]1. The quantitative estimate of drug-likeness (QED) is 0.537. The van der Waals surface area contributed by atoms with Crippen LogP contribution in [0.2, 0.25) is 0 Å². The van der Waals surface area contributed by atoms with E-state index in [1.807, 2.05) is 0 Å². The summed E-state index contributed by atoms with van der Waals surface area (Å²) >= 11 is 5.41. The topological polar surface area (TPSA) is 70.7 Å².